The van der Waals surface area contributed by atoms with Crippen LogP contribution in [0.25, 0.3) is 0 Å². The van der Waals surface area contributed by atoms with Crippen LogP contribution in [0.15, 0.2) is 30.6 Å². The minimum absolute atomic E-state index is 0.0161. The van der Waals surface area contributed by atoms with Crippen LogP contribution >= 0.6 is 0 Å². The molecule has 7 heteroatoms. The zero-order valence-electron chi connectivity index (χ0n) is 10.6. The van der Waals surface area contributed by atoms with Gasteiger partial charge in [0, 0.05) is 0 Å². The Labute approximate surface area is 114 Å². The molecule has 100 valence electrons. The molecule has 2 aromatic rings. The number of ether oxygens (including phenoxy) is 1. The molecule has 0 saturated heterocycles. The molecule has 0 N–H and O–H groups in total. The lowest BCUT2D eigenvalue weighted by atomic mass is 10.1. The molecule has 0 bridgehead atoms. The number of nitro groups is 1. The van der Waals surface area contributed by atoms with Gasteiger partial charge in [-0.2, -0.15) is 15.2 Å². The van der Waals surface area contributed by atoms with E-state index in [4.69, 9.17) is 10.00 Å². The molecular formula is C13H10N4O3. The van der Waals surface area contributed by atoms with Crippen molar-refractivity contribution in [2.75, 3.05) is 0 Å². The van der Waals surface area contributed by atoms with E-state index >= 15 is 0 Å². The first kappa shape index (κ1) is 13.4. The summed E-state index contributed by atoms with van der Waals surface area (Å²) in [6, 6.07) is 7.12. The predicted molar refractivity (Wildman–Crippen MR) is 69.3 cm³/mol. The molecule has 0 atom stereocenters. The van der Waals surface area contributed by atoms with E-state index in [2.05, 4.69) is 16.0 Å². The largest absolute Gasteiger partial charge is 0.424 e. The van der Waals surface area contributed by atoms with E-state index in [0.717, 1.165) is 18.0 Å². The van der Waals surface area contributed by atoms with E-state index in [0.29, 0.717) is 17.7 Å². The second-order valence-corrected chi connectivity index (χ2v) is 3.87. The average molecular weight is 270 g/mol. The van der Waals surface area contributed by atoms with Gasteiger partial charge in [0.15, 0.2) is 0 Å². The van der Waals surface area contributed by atoms with Crippen LogP contribution in [-0.2, 0) is 6.42 Å². The van der Waals surface area contributed by atoms with Gasteiger partial charge < -0.3 is 4.74 Å². The van der Waals surface area contributed by atoms with E-state index in [1.807, 2.05) is 6.92 Å². The highest BCUT2D eigenvalue weighted by Gasteiger charge is 2.09. The van der Waals surface area contributed by atoms with Gasteiger partial charge in [-0.25, -0.2) is 0 Å². The van der Waals surface area contributed by atoms with Crippen LogP contribution in [0.4, 0.5) is 5.69 Å². The first-order valence-electron chi connectivity index (χ1n) is 5.81. The molecule has 1 aromatic heterocycles. The van der Waals surface area contributed by atoms with Crippen LogP contribution < -0.4 is 4.74 Å². The Morgan fingerprint density at radius 1 is 1.40 bits per heavy atom. The van der Waals surface area contributed by atoms with Crippen molar-refractivity contribution < 1.29 is 9.66 Å². The Hall–Kier alpha value is -3.01. The van der Waals surface area contributed by atoms with Crippen molar-refractivity contribution in [3.8, 4) is 17.8 Å². The van der Waals surface area contributed by atoms with Crippen LogP contribution in [0, 0.1) is 21.4 Å². The van der Waals surface area contributed by atoms with Gasteiger partial charge in [-0.1, -0.05) is 6.92 Å². The van der Waals surface area contributed by atoms with Crippen LogP contribution in [0.2, 0.25) is 0 Å². The van der Waals surface area contributed by atoms with Gasteiger partial charge in [-0.15, -0.1) is 0 Å². The lowest BCUT2D eigenvalue weighted by molar-refractivity contribution is -0.385. The number of hydrogen-bond donors (Lipinski definition) is 0. The number of nitrogens with zero attached hydrogens (tertiary/aromatic N) is 4. The topological polar surface area (TPSA) is 102 Å². The summed E-state index contributed by atoms with van der Waals surface area (Å²) in [5.41, 5.74) is 1.24. The van der Waals surface area contributed by atoms with Crippen molar-refractivity contribution in [3.05, 3.63) is 51.8 Å². The average Bonchev–Trinajstić information content (AvgIpc) is 2.47. The minimum atomic E-state index is -0.583. The van der Waals surface area contributed by atoms with Crippen molar-refractivity contribution in [1.29, 1.82) is 5.26 Å². The summed E-state index contributed by atoms with van der Waals surface area (Å²) in [6.45, 7) is 1.93. The molecule has 7 nitrogen and oxygen atoms in total. The van der Waals surface area contributed by atoms with Crippen molar-refractivity contribution >= 4 is 5.69 Å². The molecule has 2 rings (SSSR count). The quantitative estimate of drug-likeness (QED) is 0.625. The first-order chi connectivity index (χ1) is 9.63. The maximum atomic E-state index is 10.5. The summed E-state index contributed by atoms with van der Waals surface area (Å²) in [6.07, 6.45) is 2.85. The molecule has 1 heterocycles. The van der Waals surface area contributed by atoms with Gasteiger partial charge in [0.2, 0.25) is 0 Å². The van der Waals surface area contributed by atoms with Gasteiger partial charge >= 0.3 is 11.7 Å². The monoisotopic (exact) mass is 270 g/mol. The molecule has 0 aliphatic carbocycles. The summed E-state index contributed by atoms with van der Waals surface area (Å²) >= 11 is 0. The third kappa shape index (κ3) is 2.87. The lowest BCUT2D eigenvalue weighted by Gasteiger charge is -2.06. The molecule has 0 unspecified atom stereocenters. The Bertz CT molecular complexity index is 677. The molecule has 0 spiro atoms. The number of aromatic nitrogens is 2. The zero-order chi connectivity index (χ0) is 14.5. The highest BCUT2D eigenvalue weighted by Crippen LogP contribution is 2.22. The molecule has 0 saturated carbocycles. The second kappa shape index (κ2) is 5.75. The van der Waals surface area contributed by atoms with E-state index in [9.17, 15) is 10.1 Å². The predicted octanol–water partition coefficient (Wildman–Crippen LogP) is 2.61. The fourth-order valence-electron chi connectivity index (χ4n) is 1.60. The molecule has 0 radical (unpaired) electrons. The molecular weight excluding hydrogens is 260 g/mol. The number of rotatable bonds is 4. The molecule has 1 aromatic carbocycles. The second-order valence-electron chi connectivity index (χ2n) is 3.87. The zero-order valence-corrected chi connectivity index (χ0v) is 10.6. The number of benzene rings is 1. The van der Waals surface area contributed by atoms with Gasteiger partial charge in [-0.3, -0.25) is 10.1 Å². The van der Waals surface area contributed by atoms with E-state index < -0.39 is 4.92 Å². The van der Waals surface area contributed by atoms with Gasteiger partial charge in [-0.05, 0) is 30.2 Å². The van der Waals surface area contributed by atoms with Crippen LogP contribution in [0.3, 0.4) is 0 Å². The summed E-state index contributed by atoms with van der Waals surface area (Å²) in [7, 11) is 0. The van der Waals surface area contributed by atoms with Crippen LogP contribution in [0.5, 0.6) is 11.8 Å². The van der Waals surface area contributed by atoms with E-state index in [1.54, 1.807) is 18.2 Å². The molecule has 0 amide bonds. The SMILES string of the molecule is CCc1cc(Oc2ncc([N+](=O)[O-])cn2)ccc1C#N. The third-order valence-electron chi connectivity index (χ3n) is 2.61. The number of hydrogen-bond acceptors (Lipinski definition) is 6. The highest BCUT2D eigenvalue weighted by molar-refractivity contribution is 5.43. The fraction of sp³-hybridized carbons (Fsp3) is 0.154. The fourth-order valence-corrected chi connectivity index (χ4v) is 1.60. The summed E-state index contributed by atoms with van der Waals surface area (Å²) < 4.78 is 5.40. The van der Waals surface area contributed by atoms with Crippen molar-refractivity contribution in [1.82, 2.24) is 9.97 Å². The number of aryl methyl sites for hydroxylation is 1. The smallest absolute Gasteiger partial charge is 0.322 e. The normalized spacial score (nSPS) is 9.80. The Balaban J connectivity index is 2.22. The first-order valence-corrected chi connectivity index (χ1v) is 5.81. The summed E-state index contributed by atoms with van der Waals surface area (Å²) in [5.74, 6) is 0.481. The van der Waals surface area contributed by atoms with Crippen molar-refractivity contribution in [2.45, 2.75) is 13.3 Å². The lowest BCUT2D eigenvalue weighted by Crippen LogP contribution is -1.96. The van der Waals surface area contributed by atoms with Crippen LogP contribution in [0.1, 0.15) is 18.1 Å². The molecule has 0 aliphatic heterocycles. The maximum Gasteiger partial charge on any atom is 0.322 e. The molecule has 20 heavy (non-hydrogen) atoms. The van der Waals surface area contributed by atoms with Gasteiger partial charge in [0.1, 0.15) is 18.1 Å². The third-order valence-corrected chi connectivity index (χ3v) is 2.61. The summed E-state index contributed by atoms with van der Waals surface area (Å²) in [4.78, 5) is 17.4. The van der Waals surface area contributed by atoms with E-state index in [1.165, 1.54) is 0 Å². The molecule has 0 fully saturated rings. The Morgan fingerprint density at radius 2 is 2.10 bits per heavy atom. The van der Waals surface area contributed by atoms with Crippen molar-refractivity contribution in [2.24, 2.45) is 0 Å². The summed E-state index contributed by atoms with van der Waals surface area (Å²) in [5, 5.41) is 19.4. The Morgan fingerprint density at radius 3 is 2.65 bits per heavy atom. The number of nitriles is 1. The van der Waals surface area contributed by atoms with Crippen molar-refractivity contribution in [3.63, 3.8) is 0 Å². The standard InChI is InChI=1S/C13H10N4O3/c1-2-9-5-12(4-3-10(9)6-14)20-13-15-7-11(8-16-13)17(18)19/h3-5,7-8H,2H2,1H3. The van der Waals surface area contributed by atoms with E-state index in [-0.39, 0.29) is 11.7 Å². The Kier molecular flexibility index (Phi) is 3.86. The highest BCUT2D eigenvalue weighted by atomic mass is 16.6. The van der Waals surface area contributed by atoms with Crippen LogP contribution in [-0.4, -0.2) is 14.9 Å². The van der Waals surface area contributed by atoms with Gasteiger partial charge in [0.25, 0.3) is 0 Å². The minimum Gasteiger partial charge on any atom is -0.424 e. The maximum absolute atomic E-state index is 10.5. The van der Waals surface area contributed by atoms with Gasteiger partial charge in [0.05, 0.1) is 16.6 Å². The molecule has 0 aliphatic rings.